The summed E-state index contributed by atoms with van der Waals surface area (Å²) in [6.45, 7) is 2.00. The Kier molecular flexibility index (Phi) is 4.23. The first-order valence-corrected chi connectivity index (χ1v) is 6.48. The molecule has 1 N–H and O–H groups in total. The van der Waals surface area contributed by atoms with Crippen molar-refractivity contribution in [2.75, 3.05) is 0 Å². The zero-order valence-corrected chi connectivity index (χ0v) is 11.4. The molecule has 0 aromatic heterocycles. The van der Waals surface area contributed by atoms with Crippen molar-refractivity contribution in [2.24, 2.45) is 0 Å². The van der Waals surface area contributed by atoms with Gasteiger partial charge in [0.05, 0.1) is 5.92 Å². The third-order valence-electron chi connectivity index (χ3n) is 3.09. The molecule has 0 aliphatic carbocycles. The van der Waals surface area contributed by atoms with Crippen LogP contribution in [0, 0.1) is 6.92 Å². The Balaban J connectivity index is 2.26. The van der Waals surface area contributed by atoms with E-state index >= 15 is 0 Å². The SMILES string of the molecule is Cc1cccc(CC(C(=O)O)c2ccc(Cl)cc2)c1. The van der Waals surface area contributed by atoms with Crippen LogP contribution in [0.2, 0.25) is 5.02 Å². The van der Waals surface area contributed by atoms with Crippen LogP contribution < -0.4 is 0 Å². The van der Waals surface area contributed by atoms with Gasteiger partial charge in [-0.05, 0) is 36.6 Å². The summed E-state index contributed by atoms with van der Waals surface area (Å²) in [6, 6.07) is 14.9. The Hall–Kier alpha value is -1.80. The highest BCUT2D eigenvalue weighted by Crippen LogP contribution is 2.23. The molecule has 0 fully saturated rings. The lowest BCUT2D eigenvalue weighted by Crippen LogP contribution is -2.14. The van der Waals surface area contributed by atoms with Crippen LogP contribution in [0.1, 0.15) is 22.6 Å². The van der Waals surface area contributed by atoms with Crippen LogP contribution in [0.5, 0.6) is 0 Å². The molecular formula is C16H15ClO2. The predicted molar refractivity (Wildman–Crippen MR) is 76.7 cm³/mol. The first kappa shape index (κ1) is 13.6. The molecule has 0 aliphatic heterocycles. The quantitative estimate of drug-likeness (QED) is 0.913. The number of rotatable bonds is 4. The standard InChI is InChI=1S/C16H15ClO2/c1-11-3-2-4-12(9-11)10-15(16(18)19)13-5-7-14(17)8-6-13/h2-9,15H,10H2,1H3,(H,18,19). The van der Waals surface area contributed by atoms with Crippen molar-refractivity contribution in [3.8, 4) is 0 Å². The van der Waals surface area contributed by atoms with Gasteiger partial charge < -0.3 is 5.11 Å². The van der Waals surface area contributed by atoms with Crippen molar-refractivity contribution in [1.29, 1.82) is 0 Å². The summed E-state index contributed by atoms with van der Waals surface area (Å²) < 4.78 is 0. The van der Waals surface area contributed by atoms with Crippen molar-refractivity contribution in [1.82, 2.24) is 0 Å². The molecule has 0 amide bonds. The van der Waals surface area contributed by atoms with Crippen LogP contribution in [0.4, 0.5) is 0 Å². The highest BCUT2D eigenvalue weighted by atomic mass is 35.5. The molecule has 0 bridgehead atoms. The Morgan fingerprint density at radius 2 is 1.89 bits per heavy atom. The molecule has 2 nitrogen and oxygen atoms in total. The van der Waals surface area contributed by atoms with Crippen LogP contribution >= 0.6 is 11.6 Å². The zero-order chi connectivity index (χ0) is 13.8. The monoisotopic (exact) mass is 274 g/mol. The maximum atomic E-state index is 11.4. The summed E-state index contributed by atoms with van der Waals surface area (Å²) in [4.78, 5) is 11.4. The van der Waals surface area contributed by atoms with E-state index in [1.807, 2.05) is 31.2 Å². The fourth-order valence-corrected chi connectivity index (χ4v) is 2.24. The summed E-state index contributed by atoms with van der Waals surface area (Å²) in [5.41, 5.74) is 2.94. The number of halogens is 1. The van der Waals surface area contributed by atoms with Crippen molar-refractivity contribution < 1.29 is 9.90 Å². The largest absolute Gasteiger partial charge is 0.481 e. The maximum absolute atomic E-state index is 11.4. The number of aliphatic carboxylic acids is 1. The number of benzene rings is 2. The van der Waals surface area contributed by atoms with E-state index in [0.29, 0.717) is 11.4 Å². The molecule has 3 heteroatoms. The van der Waals surface area contributed by atoms with Gasteiger partial charge in [-0.25, -0.2) is 0 Å². The molecule has 0 spiro atoms. The predicted octanol–water partition coefficient (Wildman–Crippen LogP) is 4.06. The highest BCUT2D eigenvalue weighted by molar-refractivity contribution is 6.30. The van der Waals surface area contributed by atoms with Crippen molar-refractivity contribution in [3.05, 3.63) is 70.2 Å². The zero-order valence-electron chi connectivity index (χ0n) is 10.6. The molecule has 0 aliphatic rings. The molecule has 98 valence electrons. The molecule has 2 rings (SSSR count). The van der Waals surface area contributed by atoms with Gasteiger partial charge in [-0.2, -0.15) is 0 Å². The molecule has 2 aromatic rings. The number of carboxylic acids is 1. The van der Waals surface area contributed by atoms with Gasteiger partial charge in [0.1, 0.15) is 0 Å². The first-order valence-electron chi connectivity index (χ1n) is 6.10. The normalized spacial score (nSPS) is 12.1. The molecular weight excluding hydrogens is 260 g/mol. The Labute approximate surface area is 117 Å². The van der Waals surface area contributed by atoms with Gasteiger partial charge in [-0.3, -0.25) is 4.79 Å². The third-order valence-corrected chi connectivity index (χ3v) is 3.34. The van der Waals surface area contributed by atoms with Crippen molar-refractivity contribution >= 4 is 17.6 Å². The van der Waals surface area contributed by atoms with Crippen LogP contribution in [-0.4, -0.2) is 11.1 Å². The number of aryl methyl sites for hydroxylation is 1. The Morgan fingerprint density at radius 3 is 2.47 bits per heavy atom. The molecule has 0 heterocycles. The van der Waals surface area contributed by atoms with E-state index < -0.39 is 11.9 Å². The van der Waals surface area contributed by atoms with E-state index in [2.05, 4.69) is 0 Å². The smallest absolute Gasteiger partial charge is 0.311 e. The van der Waals surface area contributed by atoms with Crippen LogP contribution in [0.15, 0.2) is 48.5 Å². The second-order valence-corrected chi connectivity index (χ2v) is 5.07. The second kappa shape index (κ2) is 5.89. The minimum absolute atomic E-state index is 0.485. The van der Waals surface area contributed by atoms with Gasteiger partial charge in [0.25, 0.3) is 0 Å². The number of carboxylic acid groups (broad SMARTS) is 1. The van der Waals surface area contributed by atoms with Gasteiger partial charge in [0.15, 0.2) is 0 Å². The molecule has 19 heavy (non-hydrogen) atoms. The fraction of sp³-hybridized carbons (Fsp3) is 0.188. The lowest BCUT2D eigenvalue weighted by Gasteiger charge is -2.13. The fourth-order valence-electron chi connectivity index (χ4n) is 2.12. The van der Waals surface area contributed by atoms with Gasteiger partial charge in [0.2, 0.25) is 0 Å². The number of hydrogen-bond donors (Lipinski definition) is 1. The molecule has 0 saturated heterocycles. The van der Waals surface area contributed by atoms with E-state index in [4.69, 9.17) is 11.6 Å². The van der Waals surface area contributed by atoms with Crippen molar-refractivity contribution in [2.45, 2.75) is 19.3 Å². The molecule has 1 unspecified atom stereocenters. The summed E-state index contributed by atoms with van der Waals surface area (Å²) in [5, 5.41) is 10.0. The summed E-state index contributed by atoms with van der Waals surface area (Å²) in [5.74, 6) is -1.36. The highest BCUT2D eigenvalue weighted by Gasteiger charge is 2.20. The van der Waals surface area contributed by atoms with Crippen molar-refractivity contribution in [3.63, 3.8) is 0 Å². The lowest BCUT2D eigenvalue weighted by molar-refractivity contribution is -0.138. The van der Waals surface area contributed by atoms with Gasteiger partial charge in [-0.15, -0.1) is 0 Å². The molecule has 0 saturated carbocycles. The lowest BCUT2D eigenvalue weighted by atomic mass is 9.91. The average Bonchev–Trinajstić information content (AvgIpc) is 2.37. The van der Waals surface area contributed by atoms with E-state index in [1.54, 1.807) is 24.3 Å². The van der Waals surface area contributed by atoms with E-state index in [9.17, 15) is 9.90 Å². The van der Waals surface area contributed by atoms with Gasteiger partial charge >= 0.3 is 5.97 Å². The molecule has 2 aromatic carbocycles. The average molecular weight is 275 g/mol. The Bertz CT molecular complexity index is 576. The molecule has 0 radical (unpaired) electrons. The number of hydrogen-bond acceptors (Lipinski definition) is 1. The van der Waals surface area contributed by atoms with Gasteiger partial charge in [-0.1, -0.05) is 53.6 Å². The third kappa shape index (κ3) is 3.58. The van der Waals surface area contributed by atoms with E-state index in [-0.39, 0.29) is 0 Å². The number of carbonyl (C=O) groups is 1. The van der Waals surface area contributed by atoms with Crippen LogP contribution in [0.3, 0.4) is 0 Å². The van der Waals surface area contributed by atoms with Crippen LogP contribution in [-0.2, 0) is 11.2 Å². The summed E-state index contributed by atoms with van der Waals surface area (Å²) in [7, 11) is 0. The van der Waals surface area contributed by atoms with E-state index in [0.717, 1.165) is 16.7 Å². The van der Waals surface area contributed by atoms with Crippen LogP contribution in [0.25, 0.3) is 0 Å². The van der Waals surface area contributed by atoms with E-state index in [1.165, 1.54) is 0 Å². The Morgan fingerprint density at radius 1 is 1.21 bits per heavy atom. The molecule has 1 atom stereocenters. The first-order chi connectivity index (χ1) is 9.06. The topological polar surface area (TPSA) is 37.3 Å². The minimum Gasteiger partial charge on any atom is -0.481 e. The van der Waals surface area contributed by atoms with Gasteiger partial charge in [0, 0.05) is 5.02 Å². The minimum atomic E-state index is -0.816. The second-order valence-electron chi connectivity index (χ2n) is 4.64. The summed E-state index contributed by atoms with van der Waals surface area (Å²) in [6.07, 6.45) is 0.485. The summed E-state index contributed by atoms with van der Waals surface area (Å²) >= 11 is 5.83. The maximum Gasteiger partial charge on any atom is 0.311 e.